The zero-order valence-electron chi connectivity index (χ0n) is 12.0. The van der Waals surface area contributed by atoms with Crippen molar-refractivity contribution in [3.8, 4) is 0 Å². The Bertz CT molecular complexity index is 412. The minimum absolute atomic E-state index is 0.526. The van der Waals surface area contributed by atoms with Gasteiger partial charge in [-0.25, -0.2) is 4.98 Å². The van der Waals surface area contributed by atoms with Crippen LogP contribution in [-0.2, 0) is 6.42 Å². The molecule has 4 heteroatoms. The summed E-state index contributed by atoms with van der Waals surface area (Å²) < 4.78 is 0. The molecule has 3 N–H and O–H groups in total. The molecular formula is C15H25N3O. The van der Waals surface area contributed by atoms with Crippen LogP contribution in [0.1, 0.15) is 32.3 Å². The van der Waals surface area contributed by atoms with Crippen molar-refractivity contribution in [2.75, 3.05) is 25.4 Å². The lowest BCUT2D eigenvalue weighted by Gasteiger charge is -2.39. The van der Waals surface area contributed by atoms with Gasteiger partial charge in [0.25, 0.3) is 0 Å². The molecule has 0 spiro atoms. The Morgan fingerprint density at radius 1 is 1.42 bits per heavy atom. The number of nitrogens with zero attached hydrogens (tertiary/aromatic N) is 2. The van der Waals surface area contributed by atoms with Crippen LogP contribution in [0.5, 0.6) is 0 Å². The summed E-state index contributed by atoms with van der Waals surface area (Å²) in [5.74, 6) is 1.21. The first kappa shape index (κ1) is 14.3. The van der Waals surface area contributed by atoms with Crippen LogP contribution < -0.4 is 5.73 Å². The van der Waals surface area contributed by atoms with Crippen molar-refractivity contribution in [1.82, 2.24) is 9.88 Å². The number of aliphatic hydroxyl groups is 1. The predicted molar refractivity (Wildman–Crippen MR) is 77.8 cm³/mol. The maximum absolute atomic E-state index is 10.7. The fraction of sp³-hybridized carbons (Fsp3) is 0.667. The van der Waals surface area contributed by atoms with Gasteiger partial charge in [-0.05, 0) is 36.5 Å². The summed E-state index contributed by atoms with van der Waals surface area (Å²) in [5, 5.41) is 10.7. The Balaban J connectivity index is 1.91. The summed E-state index contributed by atoms with van der Waals surface area (Å²) in [6.07, 6.45) is 4.06. The quantitative estimate of drug-likeness (QED) is 0.868. The number of nitrogens with two attached hydrogens (primary N) is 1. The maximum atomic E-state index is 10.7. The van der Waals surface area contributed by atoms with E-state index in [0.29, 0.717) is 18.2 Å². The molecule has 19 heavy (non-hydrogen) atoms. The molecule has 0 unspecified atom stereocenters. The Kier molecular flexibility index (Phi) is 4.42. The van der Waals surface area contributed by atoms with Crippen LogP contribution in [0.25, 0.3) is 0 Å². The van der Waals surface area contributed by atoms with Gasteiger partial charge in [0.2, 0.25) is 0 Å². The number of nitrogen functional groups attached to an aromatic ring is 1. The van der Waals surface area contributed by atoms with Gasteiger partial charge in [-0.15, -0.1) is 0 Å². The van der Waals surface area contributed by atoms with Gasteiger partial charge in [0, 0.05) is 32.3 Å². The first-order valence-electron chi connectivity index (χ1n) is 7.12. The molecule has 0 saturated carbocycles. The lowest BCUT2D eigenvalue weighted by molar-refractivity contribution is -0.0227. The van der Waals surface area contributed by atoms with Crippen LogP contribution in [0.4, 0.5) is 5.82 Å². The zero-order chi connectivity index (χ0) is 13.9. The van der Waals surface area contributed by atoms with E-state index >= 15 is 0 Å². The van der Waals surface area contributed by atoms with Crippen molar-refractivity contribution < 1.29 is 5.11 Å². The van der Waals surface area contributed by atoms with Crippen LogP contribution in [-0.4, -0.2) is 40.2 Å². The molecule has 0 atom stereocenters. The standard InChI is InChI=1S/C15H25N3O/c1-12(2)11-18-7-4-15(19,5-8-18)10-13-3-6-17-14(16)9-13/h3,6,9,12,19H,4-5,7-8,10-11H2,1-2H3,(H2,16,17). The number of pyridine rings is 1. The summed E-state index contributed by atoms with van der Waals surface area (Å²) in [7, 11) is 0. The molecule has 1 fully saturated rings. The maximum Gasteiger partial charge on any atom is 0.123 e. The Morgan fingerprint density at radius 3 is 2.68 bits per heavy atom. The molecule has 0 aromatic carbocycles. The predicted octanol–water partition coefficient (Wildman–Crippen LogP) is 1.69. The Hall–Kier alpha value is -1.13. The molecule has 2 rings (SSSR count). The number of rotatable bonds is 4. The Morgan fingerprint density at radius 2 is 2.11 bits per heavy atom. The van der Waals surface area contributed by atoms with Crippen molar-refractivity contribution >= 4 is 5.82 Å². The van der Waals surface area contributed by atoms with Crippen LogP contribution >= 0.6 is 0 Å². The van der Waals surface area contributed by atoms with Crippen LogP contribution in [0.2, 0.25) is 0 Å². The van der Waals surface area contributed by atoms with E-state index in [1.54, 1.807) is 6.20 Å². The minimum atomic E-state index is -0.582. The highest BCUT2D eigenvalue weighted by atomic mass is 16.3. The molecule has 1 saturated heterocycles. The second-order valence-corrected chi connectivity index (χ2v) is 6.18. The molecule has 1 aliphatic heterocycles. The monoisotopic (exact) mass is 263 g/mol. The summed E-state index contributed by atoms with van der Waals surface area (Å²) >= 11 is 0. The SMILES string of the molecule is CC(C)CN1CCC(O)(Cc2ccnc(N)c2)CC1. The highest BCUT2D eigenvalue weighted by molar-refractivity contribution is 5.32. The zero-order valence-corrected chi connectivity index (χ0v) is 12.0. The second-order valence-electron chi connectivity index (χ2n) is 6.18. The topological polar surface area (TPSA) is 62.4 Å². The molecule has 1 aromatic heterocycles. The van der Waals surface area contributed by atoms with E-state index in [1.807, 2.05) is 12.1 Å². The lowest BCUT2D eigenvalue weighted by atomic mass is 9.85. The first-order valence-corrected chi connectivity index (χ1v) is 7.12. The van der Waals surface area contributed by atoms with E-state index in [1.165, 1.54) is 0 Å². The van der Waals surface area contributed by atoms with Gasteiger partial charge in [0.1, 0.15) is 5.82 Å². The highest BCUT2D eigenvalue weighted by Crippen LogP contribution is 2.27. The third kappa shape index (κ3) is 4.18. The molecule has 2 heterocycles. The number of hydrogen-bond acceptors (Lipinski definition) is 4. The van der Waals surface area contributed by atoms with E-state index in [-0.39, 0.29) is 0 Å². The second kappa shape index (κ2) is 5.88. The molecule has 4 nitrogen and oxygen atoms in total. The van der Waals surface area contributed by atoms with Gasteiger partial charge < -0.3 is 15.7 Å². The van der Waals surface area contributed by atoms with Gasteiger partial charge in [-0.3, -0.25) is 0 Å². The molecular weight excluding hydrogens is 238 g/mol. The summed E-state index contributed by atoms with van der Waals surface area (Å²) in [6, 6.07) is 3.80. The van der Waals surface area contributed by atoms with Crippen LogP contribution in [0.3, 0.4) is 0 Å². The van der Waals surface area contributed by atoms with Crippen molar-refractivity contribution in [3.05, 3.63) is 23.9 Å². The third-order valence-electron chi connectivity index (χ3n) is 3.79. The van der Waals surface area contributed by atoms with E-state index in [0.717, 1.165) is 38.0 Å². The van der Waals surface area contributed by atoms with E-state index in [2.05, 4.69) is 23.7 Å². The lowest BCUT2D eigenvalue weighted by Crippen LogP contribution is -2.46. The molecule has 0 bridgehead atoms. The summed E-state index contributed by atoms with van der Waals surface area (Å²) in [6.45, 7) is 7.56. The minimum Gasteiger partial charge on any atom is -0.389 e. The van der Waals surface area contributed by atoms with Gasteiger partial charge in [0.15, 0.2) is 0 Å². The molecule has 0 aliphatic carbocycles. The van der Waals surface area contributed by atoms with Crippen molar-refractivity contribution in [3.63, 3.8) is 0 Å². The molecule has 1 aliphatic rings. The van der Waals surface area contributed by atoms with Gasteiger partial charge in [0.05, 0.1) is 5.60 Å². The first-order chi connectivity index (χ1) is 8.97. The van der Waals surface area contributed by atoms with Gasteiger partial charge in [-0.2, -0.15) is 0 Å². The third-order valence-corrected chi connectivity index (χ3v) is 3.79. The number of likely N-dealkylation sites (tertiary alicyclic amines) is 1. The smallest absolute Gasteiger partial charge is 0.123 e. The fourth-order valence-corrected chi connectivity index (χ4v) is 2.83. The van der Waals surface area contributed by atoms with Crippen molar-refractivity contribution in [2.45, 2.75) is 38.7 Å². The summed E-state index contributed by atoms with van der Waals surface area (Å²) in [4.78, 5) is 6.43. The molecule has 106 valence electrons. The van der Waals surface area contributed by atoms with Gasteiger partial charge in [-0.1, -0.05) is 13.8 Å². The van der Waals surface area contributed by atoms with E-state index in [4.69, 9.17) is 5.73 Å². The molecule has 0 radical (unpaired) electrons. The average Bonchev–Trinajstić information content (AvgIpc) is 2.32. The summed E-state index contributed by atoms with van der Waals surface area (Å²) in [5.41, 5.74) is 6.18. The van der Waals surface area contributed by atoms with E-state index in [9.17, 15) is 5.11 Å². The fourth-order valence-electron chi connectivity index (χ4n) is 2.83. The number of anilines is 1. The van der Waals surface area contributed by atoms with Crippen LogP contribution in [0.15, 0.2) is 18.3 Å². The van der Waals surface area contributed by atoms with Crippen LogP contribution in [0, 0.1) is 5.92 Å². The van der Waals surface area contributed by atoms with Gasteiger partial charge >= 0.3 is 0 Å². The number of hydrogen-bond donors (Lipinski definition) is 2. The number of aromatic nitrogens is 1. The highest BCUT2D eigenvalue weighted by Gasteiger charge is 2.32. The normalized spacial score (nSPS) is 19.8. The van der Waals surface area contributed by atoms with Crippen molar-refractivity contribution in [1.29, 1.82) is 0 Å². The average molecular weight is 263 g/mol. The molecule has 0 amide bonds. The van der Waals surface area contributed by atoms with Crippen molar-refractivity contribution in [2.24, 2.45) is 5.92 Å². The number of piperidine rings is 1. The van der Waals surface area contributed by atoms with E-state index < -0.39 is 5.60 Å². The Labute approximate surface area is 115 Å². The molecule has 1 aromatic rings. The largest absolute Gasteiger partial charge is 0.389 e.